The van der Waals surface area contributed by atoms with Gasteiger partial charge in [0.25, 0.3) is 11.2 Å². The first-order chi connectivity index (χ1) is 13.6. The molecule has 0 radical (unpaired) electrons. The highest BCUT2D eigenvalue weighted by molar-refractivity contribution is 7.98. The molecule has 0 saturated heterocycles. The quantitative estimate of drug-likeness (QED) is 0.202. The molecule has 0 spiro atoms. The maximum absolute atomic E-state index is 12.5. The molecule has 1 aromatic carbocycles. The number of non-ortho nitro benzene ring substituents is 1. The van der Waals surface area contributed by atoms with Crippen LogP contribution in [0.2, 0.25) is 0 Å². The number of thioether (sulfide) groups is 1. The van der Waals surface area contributed by atoms with E-state index in [0.29, 0.717) is 39.1 Å². The molecule has 28 heavy (non-hydrogen) atoms. The van der Waals surface area contributed by atoms with Crippen LogP contribution in [-0.2, 0) is 12.3 Å². The third kappa shape index (κ3) is 3.41. The summed E-state index contributed by atoms with van der Waals surface area (Å²) >= 11 is 2.73. The number of rotatable bonds is 6. The Morgan fingerprint density at radius 3 is 2.75 bits per heavy atom. The third-order valence-electron chi connectivity index (χ3n) is 3.96. The van der Waals surface area contributed by atoms with E-state index in [0.717, 1.165) is 0 Å². The first-order valence-corrected chi connectivity index (χ1v) is 10.1. The fourth-order valence-electron chi connectivity index (χ4n) is 2.59. The SMILES string of the molecule is CCn1c(SCc2nnc(-c3ccc([N+](=O)[O-])cc3)o2)nc2ccsc2c1=O. The van der Waals surface area contributed by atoms with Crippen LogP contribution in [0.1, 0.15) is 12.8 Å². The summed E-state index contributed by atoms with van der Waals surface area (Å²) in [7, 11) is 0. The normalized spacial score (nSPS) is 11.2. The summed E-state index contributed by atoms with van der Waals surface area (Å²) in [6, 6.07) is 7.71. The minimum atomic E-state index is -0.468. The van der Waals surface area contributed by atoms with Gasteiger partial charge in [-0.15, -0.1) is 21.5 Å². The predicted molar refractivity (Wildman–Crippen MR) is 106 cm³/mol. The van der Waals surface area contributed by atoms with Gasteiger partial charge in [-0.05, 0) is 30.5 Å². The van der Waals surface area contributed by atoms with Gasteiger partial charge >= 0.3 is 0 Å². The molecule has 0 fully saturated rings. The standard InChI is InChI=1S/C17H13N5O4S2/c1-2-21-16(23)14-12(7-8-27-14)18-17(21)28-9-13-19-20-15(26-13)10-3-5-11(6-4-10)22(24)25/h3-8H,2,9H2,1H3. The molecule has 0 saturated carbocycles. The number of hydrogen-bond donors (Lipinski definition) is 0. The molecule has 0 aliphatic heterocycles. The van der Waals surface area contributed by atoms with Crippen LogP contribution in [0.25, 0.3) is 21.7 Å². The lowest BCUT2D eigenvalue weighted by Crippen LogP contribution is -2.21. The van der Waals surface area contributed by atoms with Gasteiger partial charge in [-0.1, -0.05) is 11.8 Å². The number of aromatic nitrogens is 4. The Labute approximate surface area is 166 Å². The van der Waals surface area contributed by atoms with Crippen molar-refractivity contribution in [3.05, 3.63) is 62.1 Å². The van der Waals surface area contributed by atoms with Gasteiger partial charge < -0.3 is 4.42 Å². The summed E-state index contributed by atoms with van der Waals surface area (Å²) in [5.74, 6) is 1.00. The highest BCUT2D eigenvalue weighted by Crippen LogP contribution is 2.26. The second kappa shape index (κ2) is 7.52. The second-order valence-corrected chi connectivity index (χ2v) is 7.53. The summed E-state index contributed by atoms with van der Waals surface area (Å²) in [5, 5.41) is 21.2. The monoisotopic (exact) mass is 415 g/mol. The Morgan fingerprint density at radius 1 is 1.25 bits per heavy atom. The molecule has 0 unspecified atom stereocenters. The number of benzene rings is 1. The van der Waals surface area contributed by atoms with Gasteiger partial charge in [-0.3, -0.25) is 19.5 Å². The second-order valence-electron chi connectivity index (χ2n) is 5.67. The fraction of sp³-hybridized carbons (Fsp3) is 0.176. The molecule has 0 aliphatic rings. The van der Waals surface area contributed by atoms with E-state index >= 15 is 0 Å². The van der Waals surface area contributed by atoms with Crippen molar-refractivity contribution in [3.63, 3.8) is 0 Å². The number of hydrogen-bond acceptors (Lipinski definition) is 9. The molecule has 11 heteroatoms. The highest BCUT2D eigenvalue weighted by Gasteiger charge is 2.15. The van der Waals surface area contributed by atoms with Crippen LogP contribution >= 0.6 is 23.1 Å². The number of fused-ring (bicyclic) bond motifs is 1. The van der Waals surface area contributed by atoms with Gasteiger partial charge in [-0.2, -0.15) is 0 Å². The molecule has 142 valence electrons. The predicted octanol–water partition coefficient (Wildman–Crippen LogP) is 3.73. The summed E-state index contributed by atoms with van der Waals surface area (Å²) in [6.45, 7) is 2.41. The highest BCUT2D eigenvalue weighted by atomic mass is 32.2. The van der Waals surface area contributed by atoms with E-state index in [-0.39, 0.29) is 17.1 Å². The van der Waals surface area contributed by atoms with Gasteiger partial charge in [0.15, 0.2) is 5.16 Å². The molecular formula is C17H13N5O4S2. The van der Waals surface area contributed by atoms with Crippen LogP contribution in [-0.4, -0.2) is 24.7 Å². The van der Waals surface area contributed by atoms with Crippen molar-refractivity contribution in [1.29, 1.82) is 0 Å². The summed E-state index contributed by atoms with van der Waals surface area (Å²) in [4.78, 5) is 27.4. The van der Waals surface area contributed by atoms with Crippen molar-refractivity contribution in [2.24, 2.45) is 0 Å². The summed E-state index contributed by atoms with van der Waals surface area (Å²) < 4.78 is 7.91. The molecule has 4 aromatic rings. The topological polar surface area (TPSA) is 117 Å². The lowest BCUT2D eigenvalue weighted by molar-refractivity contribution is -0.384. The average Bonchev–Trinajstić information content (AvgIpc) is 3.36. The van der Waals surface area contributed by atoms with Gasteiger partial charge in [0.2, 0.25) is 11.8 Å². The van der Waals surface area contributed by atoms with Gasteiger partial charge in [0, 0.05) is 24.2 Å². The van der Waals surface area contributed by atoms with Gasteiger partial charge in [0.05, 0.1) is 16.2 Å². The van der Waals surface area contributed by atoms with E-state index in [1.165, 1.54) is 35.2 Å². The molecule has 3 heterocycles. The molecule has 0 amide bonds. The van der Waals surface area contributed by atoms with Crippen molar-refractivity contribution >= 4 is 39.0 Å². The smallest absolute Gasteiger partial charge is 0.272 e. The van der Waals surface area contributed by atoms with Crippen molar-refractivity contribution in [1.82, 2.24) is 19.7 Å². The van der Waals surface area contributed by atoms with E-state index in [4.69, 9.17) is 4.42 Å². The van der Waals surface area contributed by atoms with Crippen LogP contribution < -0.4 is 5.56 Å². The Kier molecular flexibility index (Phi) is 4.92. The maximum atomic E-state index is 12.5. The Hall–Kier alpha value is -3.05. The van der Waals surface area contributed by atoms with Crippen molar-refractivity contribution in [3.8, 4) is 11.5 Å². The molecule has 4 rings (SSSR count). The lowest BCUT2D eigenvalue weighted by atomic mass is 10.2. The number of nitro groups is 1. The Balaban J connectivity index is 1.54. The van der Waals surface area contributed by atoms with E-state index in [1.807, 2.05) is 18.4 Å². The van der Waals surface area contributed by atoms with E-state index in [9.17, 15) is 14.9 Å². The van der Waals surface area contributed by atoms with Crippen LogP contribution in [0.3, 0.4) is 0 Å². The third-order valence-corrected chi connectivity index (χ3v) is 5.82. The zero-order valence-corrected chi connectivity index (χ0v) is 16.2. The number of thiophene rings is 1. The van der Waals surface area contributed by atoms with Crippen LogP contribution in [0, 0.1) is 10.1 Å². The average molecular weight is 415 g/mol. The van der Waals surface area contributed by atoms with Crippen LogP contribution in [0.5, 0.6) is 0 Å². The zero-order chi connectivity index (χ0) is 19.7. The number of nitro benzene ring substituents is 1. The molecule has 9 nitrogen and oxygen atoms in total. The molecule has 0 atom stereocenters. The Bertz CT molecular complexity index is 1210. The largest absolute Gasteiger partial charge is 0.420 e. The summed E-state index contributed by atoms with van der Waals surface area (Å²) in [5.41, 5.74) is 1.21. The van der Waals surface area contributed by atoms with Crippen molar-refractivity contribution in [2.75, 3.05) is 0 Å². The van der Waals surface area contributed by atoms with Crippen molar-refractivity contribution < 1.29 is 9.34 Å². The zero-order valence-electron chi connectivity index (χ0n) is 14.6. The van der Waals surface area contributed by atoms with Crippen LogP contribution in [0.4, 0.5) is 5.69 Å². The van der Waals surface area contributed by atoms with E-state index < -0.39 is 4.92 Å². The molecule has 0 aliphatic carbocycles. The molecular weight excluding hydrogens is 402 g/mol. The first kappa shape index (κ1) is 18.3. The number of nitrogens with zero attached hydrogens (tertiary/aromatic N) is 5. The van der Waals surface area contributed by atoms with E-state index in [1.54, 1.807) is 16.7 Å². The van der Waals surface area contributed by atoms with Gasteiger partial charge in [0.1, 0.15) is 4.70 Å². The molecule has 3 aromatic heterocycles. The lowest BCUT2D eigenvalue weighted by Gasteiger charge is -2.08. The van der Waals surface area contributed by atoms with Crippen LogP contribution in [0.15, 0.2) is 50.1 Å². The minimum Gasteiger partial charge on any atom is -0.420 e. The minimum absolute atomic E-state index is 0.00789. The van der Waals surface area contributed by atoms with Gasteiger partial charge in [-0.25, -0.2) is 4.98 Å². The van der Waals surface area contributed by atoms with Crippen molar-refractivity contribution in [2.45, 2.75) is 24.4 Å². The Morgan fingerprint density at radius 2 is 2.04 bits per heavy atom. The fourth-order valence-corrected chi connectivity index (χ4v) is 4.27. The molecule has 0 bridgehead atoms. The summed E-state index contributed by atoms with van der Waals surface area (Å²) in [6.07, 6.45) is 0. The molecule has 0 N–H and O–H groups in total. The maximum Gasteiger partial charge on any atom is 0.272 e. The first-order valence-electron chi connectivity index (χ1n) is 8.25. The van der Waals surface area contributed by atoms with E-state index in [2.05, 4.69) is 15.2 Å².